The fourth-order valence-corrected chi connectivity index (χ4v) is 5.19. The second-order valence-electron chi connectivity index (χ2n) is 7.02. The van der Waals surface area contributed by atoms with Gasteiger partial charge < -0.3 is 14.2 Å². The lowest BCUT2D eigenvalue weighted by Crippen LogP contribution is -2.69. The topological polar surface area (TPSA) is 99.1 Å². The van der Waals surface area contributed by atoms with Gasteiger partial charge in [-0.2, -0.15) is 34.8 Å². The second-order valence-corrected chi connectivity index (χ2v) is 8.58. The Balaban J connectivity index is 2.03. The van der Waals surface area contributed by atoms with Crippen molar-refractivity contribution in [2.75, 3.05) is 13.2 Å². The van der Waals surface area contributed by atoms with Gasteiger partial charge in [0, 0.05) is 11.8 Å². The smallest absolute Gasteiger partial charge is 0.430 e. The van der Waals surface area contributed by atoms with E-state index in [4.69, 9.17) is 14.0 Å². The molecular weight excluding hydrogens is 426 g/mol. The quantitative estimate of drug-likeness (QED) is 0.407. The number of hydrogen-bond acceptors (Lipinski definition) is 6. The van der Waals surface area contributed by atoms with Crippen LogP contribution in [-0.2, 0) is 29.1 Å². The third-order valence-corrected chi connectivity index (χ3v) is 6.92. The number of carbonyl (C=O) groups excluding carboxylic acids is 1. The second kappa shape index (κ2) is 6.44. The summed E-state index contributed by atoms with van der Waals surface area (Å²) in [5.41, 5.74) is 0. The van der Waals surface area contributed by atoms with Gasteiger partial charge >= 0.3 is 33.2 Å². The molecular formula is C14H16F6O7S. The zero-order chi connectivity index (χ0) is 21.2. The number of rotatable bonds is 3. The lowest BCUT2D eigenvalue weighted by Gasteiger charge is -2.45. The molecule has 2 saturated carbocycles. The van der Waals surface area contributed by atoms with E-state index in [0.717, 1.165) is 0 Å². The third-order valence-electron chi connectivity index (χ3n) is 5.52. The zero-order valence-electron chi connectivity index (χ0n) is 14.0. The van der Waals surface area contributed by atoms with Crippen molar-refractivity contribution in [1.82, 2.24) is 0 Å². The van der Waals surface area contributed by atoms with Gasteiger partial charge in [0.15, 0.2) is 6.10 Å². The predicted molar refractivity (Wildman–Crippen MR) is 76.4 cm³/mol. The predicted octanol–water partition coefficient (Wildman–Crippen LogP) is 2.21. The van der Waals surface area contributed by atoms with Crippen LogP contribution in [0.5, 0.6) is 0 Å². The van der Waals surface area contributed by atoms with Gasteiger partial charge in [0.2, 0.25) is 5.79 Å². The number of esters is 1. The Hall–Kier alpha value is -1.12. The summed E-state index contributed by atoms with van der Waals surface area (Å²) in [6.07, 6.45) is -13.6. The van der Waals surface area contributed by atoms with Gasteiger partial charge in [-0.05, 0) is 25.7 Å². The van der Waals surface area contributed by atoms with Crippen LogP contribution in [0.2, 0.25) is 0 Å². The highest BCUT2D eigenvalue weighted by atomic mass is 32.2. The standard InChI is InChI=1S/C14H16F6O7S/c15-13(16,17)12(14(18,19)20,28(22,23)24)10(21)27-9-7-2-3-8(6-7)11(9)25-4-1-5-26-11/h7-9H,1-6H2,(H,22,23,24). The van der Waals surface area contributed by atoms with Gasteiger partial charge in [-0.1, -0.05) is 0 Å². The first-order chi connectivity index (χ1) is 12.7. The summed E-state index contributed by atoms with van der Waals surface area (Å²) in [6, 6.07) is 0. The van der Waals surface area contributed by atoms with Gasteiger partial charge in [-0.15, -0.1) is 0 Å². The van der Waals surface area contributed by atoms with E-state index in [1.807, 2.05) is 0 Å². The van der Waals surface area contributed by atoms with Crippen LogP contribution < -0.4 is 0 Å². The minimum absolute atomic E-state index is 0.0826. The van der Waals surface area contributed by atoms with Crippen LogP contribution in [0, 0.1) is 11.8 Å². The summed E-state index contributed by atoms with van der Waals surface area (Å²) in [5, 5.41) is 0. The molecule has 7 nitrogen and oxygen atoms in total. The Kier molecular flexibility index (Phi) is 4.96. The lowest BCUT2D eigenvalue weighted by molar-refractivity contribution is -0.332. The maximum Gasteiger partial charge on any atom is 0.430 e. The summed E-state index contributed by atoms with van der Waals surface area (Å²) in [5.74, 6) is -5.98. The Morgan fingerprint density at radius 1 is 1.04 bits per heavy atom. The number of alkyl halides is 6. The molecule has 0 aromatic heterocycles. The number of fused-ring (bicyclic) bond motifs is 3. The van der Waals surface area contributed by atoms with Gasteiger partial charge in [-0.3, -0.25) is 4.55 Å². The molecule has 3 fully saturated rings. The van der Waals surface area contributed by atoms with E-state index in [1.54, 1.807) is 0 Å². The molecule has 3 unspecified atom stereocenters. The molecule has 3 aliphatic rings. The molecule has 3 atom stereocenters. The minimum Gasteiger partial charge on any atom is -0.455 e. The van der Waals surface area contributed by atoms with Crippen LogP contribution >= 0.6 is 0 Å². The molecule has 3 rings (SSSR count). The maximum atomic E-state index is 13.3. The van der Waals surface area contributed by atoms with Crippen LogP contribution in [0.15, 0.2) is 0 Å². The molecule has 1 N–H and O–H groups in total. The van der Waals surface area contributed by atoms with Gasteiger partial charge in [0.25, 0.3) is 0 Å². The summed E-state index contributed by atoms with van der Waals surface area (Å²) in [4.78, 5) is 12.2. The minimum atomic E-state index is -7.04. The first kappa shape index (κ1) is 21.6. The van der Waals surface area contributed by atoms with E-state index in [0.29, 0.717) is 19.3 Å². The van der Waals surface area contributed by atoms with Crippen LogP contribution in [0.1, 0.15) is 25.7 Å². The van der Waals surface area contributed by atoms with E-state index in [2.05, 4.69) is 4.74 Å². The summed E-state index contributed by atoms with van der Waals surface area (Å²) in [6.45, 7) is 0.165. The van der Waals surface area contributed by atoms with E-state index in [-0.39, 0.29) is 19.6 Å². The average molecular weight is 442 g/mol. The third kappa shape index (κ3) is 2.82. The molecule has 2 bridgehead atoms. The summed E-state index contributed by atoms with van der Waals surface area (Å²) >= 11 is 0. The van der Waals surface area contributed by atoms with E-state index >= 15 is 0 Å². The van der Waals surface area contributed by atoms with Crippen LogP contribution in [0.3, 0.4) is 0 Å². The normalized spacial score (nSPS) is 30.6. The summed E-state index contributed by atoms with van der Waals surface area (Å²) < 4.78 is 120. The molecule has 162 valence electrons. The molecule has 0 amide bonds. The highest BCUT2D eigenvalue weighted by Crippen LogP contribution is 2.57. The monoisotopic (exact) mass is 442 g/mol. The Labute approximate surface area is 155 Å². The number of halogens is 6. The first-order valence-corrected chi connectivity index (χ1v) is 9.72. The lowest BCUT2D eigenvalue weighted by atomic mass is 9.90. The van der Waals surface area contributed by atoms with Crippen LogP contribution in [0.4, 0.5) is 26.3 Å². The summed E-state index contributed by atoms with van der Waals surface area (Å²) in [7, 11) is -7.04. The van der Waals surface area contributed by atoms with E-state index in [9.17, 15) is 39.6 Å². The molecule has 1 heterocycles. The van der Waals surface area contributed by atoms with Crippen molar-refractivity contribution in [2.24, 2.45) is 11.8 Å². The molecule has 0 aromatic rings. The first-order valence-electron chi connectivity index (χ1n) is 8.28. The molecule has 0 radical (unpaired) electrons. The van der Waals surface area contributed by atoms with Crippen molar-refractivity contribution in [3.8, 4) is 0 Å². The van der Waals surface area contributed by atoms with E-state index < -0.39 is 56.9 Å². The highest BCUT2D eigenvalue weighted by Gasteiger charge is 2.85. The van der Waals surface area contributed by atoms with Crippen LogP contribution in [-0.4, -0.2) is 61.1 Å². The van der Waals surface area contributed by atoms with Crippen molar-refractivity contribution in [3.63, 3.8) is 0 Å². The molecule has 2 aliphatic carbocycles. The molecule has 14 heteroatoms. The van der Waals surface area contributed by atoms with Gasteiger partial charge in [-0.25, -0.2) is 4.79 Å². The number of carbonyl (C=O) groups is 1. The van der Waals surface area contributed by atoms with Gasteiger partial charge in [0.05, 0.1) is 13.2 Å². The molecule has 28 heavy (non-hydrogen) atoms. The zero-order valence-corrected chi connectivity index (χ0v) is 14.9. The van der Waals surface area contributed by atoms with Gasteiger partial charge in [0.1, 0.15) is 0 Å². The number of ether oxygens (including phenoxy) is 3. The highest BCUT2D eigenvalue weighted by molar-refractivity contribution is 7.88. The number of hydrogen-bond donors (Lipinski definition) is 1. The fourth-order valence-electron chi connectivity index (χ4n) is 4.35. The fraction of sp³-hybridized carbons (Fsp3) is 0.929. The van der Waals surface area contributed by atoms with Crippen molar-refractivity contribution >= 4 is 16.1 Å². The Morgan fingerprint density at radius 3 is 2.04 bits per heavy atom. The molecule has 1 aliphatic heterocycles. The Bertz CT molecular complexity index is 726. The van der Waals surface area contributed by atoms with Crippen molar-refractivity contribution in [3.05, 3.63) is 0 Å². The Morgan fingerprint density at radius 2 is 1.57 bits per heavy atom. The van der Waals surface area contributed by atoms with Crippen molar-refractivity contribution in [1.29, 1.82) is 0 Å². The average Bonchev–Trinajstić information content (AvgIpc) is 3.07. The SMILES string of the molecule is O=C(OC1C2CCC(C2)C12OCCCO2)C(C(F)(F)F)(C(F)(F)F)S(=O)(=O)O. The molecule has 0 aromatic carbocycles. The maximum absolute atomic E-state index is 13.3. The van der Waals surface area contributed by atoms with Crippen molar-refractivity contribution in [2.45, 2.75) is 54.7 Å². The molecule has 1 spiro atoms. The van der Waals surface area contributed by atoms with E-state index in [1.165, 1.54) is 0 Å². The molecule has 1 saturated heterocycles. The van der Waals surface area contributed by atoms with Crippen LogP contribution in [0.25, 0.3) is 0 Å². The largest absolute Gasteiger partial charge is 0.455 e. The van der Waals surface area contributed by atoms with Crippen molar-refractivity contribution < 1.29 is 58.3 Å².